The van der Waals surface area contributed by atoms with E-state index in [0.29, 0.717) is 25.8 Å². The van der Waals surface area contributed by atoms with Gasteiger partial charge in [0.1, 0.15) is 24.2 Å². The first-order valence-corrected chi connectivity index (χ1v) is 19.1. The molecule has 5 amide bonds. The Hall–Kier alpha value is -5.45. The molecule has 326 valence electrons. The summed E-state index contributed by atoms with van der Waals surface area (Å²) in [6.07, 6.45) is 2.35. The molecule has 0 heterocycles. The van der Waals surface area contributed by atoms with Gasteiger partial charge in [0.25, 0.3) is 0 Å². The van der Waals surface area contributed by atoms with Crippen LogP contribution in [0.5, 0.6) is 0 Å². The third-order valence-electron chi connectivity index (χ3n) is 7.95. The van der Waals surface area contributed by atoms with Gasteiger partial charge in [0.05, 0.1) is 13.1 Å². The van der Waals surface area contributed by atoms with Crippen molar-refractivity contribution in [2.24, 2.45) is 49.4 Å². The van der Waals surface area contributed by atoms with E-state index >= 15 is 0 Å². The fourth-order valence-corrected chi connectivity index (χ4v) is 5.06. The standard InChI is InChI=1S/C34H68N16O7/c1-20(2)41-14-6-5-10-25(31(56)57)48-27(52)19-46-28(53)22(11-7-15-42-32(35)36)49-30(55)24(13-9-17-44-34(39)40)50-29(54)23(12-8-16-43-33(37)38)47-26(51)18-45-21(3)4/h20-25,41,45H,5-19H2,1-4H3,(H,46,53)(H,47,51)(H,48,52)(H,49,55)(H,50,54)(H,56,57)(H4,35,36,42)(H4,37,38,43)(H4,39,40,44). The van der Waals surface area contributed by atoms with Crippen LogP contribution in [0.3, 0.4) is 0 Å². The number of nitrogens with zero attached hydrogens (tertiary/aromatic N) is 3. The molecule has 4 unspecified atom stereocenters. The van der Waals surface area contributed by atoms with Crippen LogP contribution < -0.4 is 71.6 Å². The van der Waals surface area contributed by atoms with Gasteiger partial charge in [-0.25, -0.2) is 4.79 Å². The van der Waals surface area contributed by atoms with Gasteiger partial charge in [-0.3, -0.25) is 38.9 Å². The minimum absolute atomic E-state index is 0.00364. The molecule has 0 aliphatic heterocycles. The number of nitrogens with two attached hydrogens (primary N) is 6. The van der Waals surface area contributed by atoms with E-state index in [9.17, 15) is 33.9 Å². The van der Waals surface area contributed by atoms with Crippen molar-refractivity contribution in [2.45, 2.75) is 122 Å². The van der Waals surface area contributed by atoms with Crippen LogP contribution >= 0.6 is 0 Å². The normalized spacial score (nSPS) is 12.9. The van der Waals surface area contributed by atoms with Crippen molar-refractivity contribution in [3.8, 4) is 0 Å². The Kier molecular flexibility index (Phi) is 26.9. The predicted octanol–water partition coefficient (Wildman–Crippen LogP) is -4.55. The van der Waals surface area contributed by atoms with Crippen molar-refractivity contribution in [2.75, 3.05) is 39.3 Å². The molecule has 0 fully saturated rings. The van der Waals surface area contributed by atoms with Crippen molar-refractivity contribution in [3.05, 3.63) is 0 Å². The molecular weight excluding hydrogens is 744 g/mol. The second kappa shape index (κ2) is 29.8. The Morgan fingerprint density at radius 2 is 0.877 bits per heavy atom. The molecule has 0 aliphatic carbocycles. The summed E-state index contributed by atoms with van der Waals surface area (Å²) in [5.74, 6) is -5.12. The summed E-state index contributed by atoms with van der Waals surface area (Å²) >= 11 is 0. The zero-order valence-corrected chi connectivity index (χ0v) is 33.8. The molecule has 0 spiro atoms. The molecule has 0 aromatic carbocycles. The number of carbonyl (C=O) groups is 6. The smallest absolute Gasteiger partial charge is 0.326 e. The third-order valence-corrected chi connectivity index (χ3v) is 7.95. The van der Waals surface area contributed by atoms with E-state index in [1.165, 1.54) is 0 Å². The van der Waals surface area contributed by atoms with Crippen LogP contribution in [0.4, 0.5) is 0 Å². The first-order valence-electron chi connectivity index (χ1n) is 19.1. The zero-order valence-electron chi connectivity index (χ0n) is 33.8. The molecule has 0 aromatic heterocycles. The maximum absolute atomic E-state index is 13.8. The number of unbranched alkanes of at least 4 members (excludes halogenated alkanes) is 1. The molecular formula is C34H68N16O7. The minimum Gasteiger partial charge on any atom is -0.480 e. The maximum Gasteiger partial charge on any atom is 0.326 e. The van der Waals surface area contributed by atoms with Crippen molar-refractivity contribution < 1.29 is 33.9 Å². The van der Waals surface area contributed by atoms with Crippen LogP contribution in [0.15, 0.2) is 15.0 Å². The number of aliphatic imine (C=N–C) groups is 3. The Balaban J connectivity index is 6.05. The van der Waals surface area contributed by atoms with E-state index in [4.69, 9.17) is 34.4 Å². The SMILES string of the molecule is CC(C)NCCCCC(NC(=O)CNC(=O)C(CCCN=C(N)N)NC(=O)C(CCCN=C(N)N)NC(=O)C(CCCN=C(N)N)NC(=O)CNC(C)C)C(=O)O. The number of carbonyl (C=O) groups excluding carboxylic acids is 5. The average molecular weight is 813 g/mol. The summed E-state index contributed by atoms with van der Waals surface area (Å²) in [6, 6.07) is -4.45. The van der Waals surface area contributed by atoms with Gasteiger partial charge in [-0.2, -0.15) is 0 Å². The lowest BCUT2D eigenvalue weighted by Gasteiger charge is -2.25. The zero-order chi connectivity index (χ0) is 43.3. The fraction of sp³-hybridized carbons (Fsp3) is 0.735. The fourth-order valence-electron chi connectivity index (χ4n) is 5.06. The molecule has 23 heteroatoms. The summed E-state index contributed by atoms with van der Waals surface area (Å²) in [5.41, 5.74) is 32.6. The number of rotatable bonds is 31. The summed E-state index contributed by atoms with van der Waals surface area (Å²) in [7, 11) is 0. The molecule has 0 saturated carbocycles. The molecule has 0 rings (SSSR count). The van der Waals surface area contributed by atoms with Crippen LogP contribution in [-0.2, 0) is 28.8 Å². The van der Waals surface area contributed by atoms with E-state index in [1.54, 1.807) is 0 Å². The highest BCUT2D eigenvalue weighted by atomic mass is 16.4. The number of hydrogen-bond acceptors (Lipinski definition) is 11. The topological polar surface area (TPSA) is 400 Å². The minimum atomic E-state index is -1.24. The Morgan fingerprint density at radius 1 is 0.491 bits per heavy atom. The predicted molar refractivity (Wildman–Crippen MR) is 218 cm³/mol. The van der Waals surface area contributed by atoms with Crippen LogP contribution in [0.1, 0.15) is 85.5 Å². The number of nitrogens with one attached hydrogen (secondary N) is 7. The van der Waals surface area contributed by atoms with Gasteiger partial charge in [0, 0.05) is 31.7 Å². The van der Waals surface area contributed by atoms with Crippen molar-refractivity contribution >= 4 is 53.4 Å². The van der Waals surface area contributed by atoms with Gasteiger partial charge in [0.2, 0.25) is 29.5 Å². The highest BCUT2D eigenvalue weighted by Crippen LogP contribution is 2.07. The molecule has 0 radical (unpaired) electrons. The van der Waals surface area contributed by atoms with Crippen LogP contribution in [0.2, 0.25) is 0 Å². The molecule has 0 aliphatic rings. The van der Waals surface area contributed by atoms with Crippen molar-refractivity contribution in [3.63, 3.8) is 0 Å². The molecule has 23 nitrogen and oxygen atoms in total. The Labute approximate surface area is 334 Å². The molecule has 0 aromatic rings. The van der Waals surface area contributed by atoms with Crippen LogP contribution in [-0.4, -0.2) is 134 Å². The Morgan fingerprint density at radius 3 is 1.30 bits per heavy atom. The van der Waals surface area contributed by atoms with E-state index in [0.717, 1.165) is 0 Å². The molecule has 20 N–H and O–H groups in total. The van der Waals surface area contributed by atoms with Crippen LogP contribution in [0, 0.1) is 0 Å². The van der Waals surface area contributed by atoms with E-state index < -0.39 is 66.2 Å². The highest BCUT2D eigenvalue weighted by Gasteiger charge is 2.30. The lowest BCUT2D eigenvalue weighted by Crippen LogP contribution is -2.57. The Bertz CT molecular complexity index is 1350. The van der Waals surface area contributed by atoms with E-state index in [1.807, 2.05) is 27.7 Å². The molecule has 57 heavy (non-hydrogen) atoms. The summed E-state index contributed by atoms with van der Waals surface area (Å²) in [4.78, 5) is 89.8. The third kappa shape index (κ3) is 27.7. The maximum atomic E-state index is 13.8. The first-order chi connectivity index (χ1) is 26.8. The number of hydrogen-bond donors (Lipinski definition) is 14. The molecule has 0 bridgehead atoms. The van der Waals surface area contributed by atoms with Gasteiger partial charge in [-0.15, -0.1) is 0 Å². The number of carboxylic acid groups (broad SMARTS) is 1. The largest absolute Gasteiger partial charge is 0.480 e. The van der Waals surface area contributed by atoms with Gasteiger partial charge in [-0.1, -0.05) is 27.7 Å². The van der Waals surface area contributed by atoms with Gasteiger partial charge in [0.15, 0.2) is 17.9 Å². The van der Waals surface area contributed by atoms with Gasteiger partial charge >= 0.3 is 5.97 Å². The quantitative estimate of drug-likeness (QED) is 0.0178. The van der Waals surface area contributed by atoms with E-state index in [2.05, 4.69) is 52.2 Å². The van der Waals surface area contributed by atoms with Gasteiger partial charge < -0.3 is 76.7 Å². The monoisotopic (exact) mass is 813 g/mol. The first kappa shape index (κ1) is 51.5. The van der Waals surface area contributed by atoms with Crippen LogP contribution in [0.25, 0.3) is 0 Å². The number of carboxylic acids is 1. The molecule has 4 atom stereocenters. The highest BCUT2D eigenvalue weighted by molar-refractivity contribution is 5.95. The number of amides is 5. The van der Waals surface area contributed by atoms with Gasteiger partial charge in [-0.05, 0) is 64.3 Å². The summed E-state index contributed by atoms with van der Waals surface area (Å²) in [5, 5.41) is 28.7. The lowest BCUT2D eigenvalue weighted by atomic mass is 10.1. The van der Waals surface area contributed by atoms with Crippen molar-refractivity contribution in [1.82, 2.24) is 37.2 Å². The number of guanidine groups is 3. The average Bonchev–Trinajstić information content (AvgIpc) is 3.11. The summed E-state index contributed by atoms with van der Waals surface area (Å²) in [6.45, 7) is 8.15. The van der Waals surface area contributed by atoms with Crippen molar-refractivity contribution in [1.29, 1.82) is 0 Å². The second-order valence-corrected chi connectivity index (χ2v) is 13.9. The molecule has 0 saturated heterocycles. The van der Waals surface area contributed by atoms with E-state index in [-0.39, 0.29) is 94.7 Å². The summed E-state index contributed by atoms with van der Waals surface area (Å²) < 4.78 is 0. The lowest BCUT2D eigenvalue weighted by molar-refractivity contribution is -0.142. The number of aliphatic carboxylic acids is 1. The second-order valence-electron chi connectivity index (χ2n) is 13.9.